The normalized spacial score (nSPS) is 19.6. The summed E-state index contributed by atoms with van der Waals surface area (Å²) in [6.45, 7) is 11.9. The van der Waals surface area contributed by atoms with Gasteiger partial charge in [-0.1, -0.05) is 19.1 Å². The topological polar surface area (TPSA) is 94.6 Å². The molecule has 1 fully saturated rings. The summed E-state index contributed by atoms with van der Waals surface area (Å²) in [5, 5.41) is 19.3. The zero-order valence-electron chi connectivity index (χ0n) is 22.6. The van der Waals surface area contributed by atoms with Crippen LogP contribution in [0.25, 0.3) is 11.0 Å². The Labute approximate surface area is 218 Å². The fourth-order valence-electron chi connectivity index (χ4n) is 5.22. The number of hydrogen-bond acceptors (Lipinski definition) is 7. The van der Waals surface area contributed by atoms with E-state index in [0.717, 1.165) is 36.5 Å². The van der Waals surface area contributed by atoms with E-state index in [1.807, 2.05) is 12.1 Å². The second-order valence-electron chi connectivity index (χ2n) is 10.7. The van der Waals surface area contributed by atoms with Crippen molar-refractivity contribution in [2.75, 3.05) is 24.6 Å². The molecule has 1 aliphatic rings. The number of aliphatic hydroxyl groups is 1. The first-order valence-corrected chi connectivity index (χ1v) is 12.9. The maximum absolute atomic E-state index is 12.8. The Hall–Kier alpha value is -3.41. The van der Waals surface area contributed by atoms with Crippen molar-refractivity contribution in [1.29, 1.82) is 5.26 Å². The minimum atomic E-state index is -0.879. The standard InChI is InChI=1S/C29H37N5O3/c1-7-24(21-8-11-23(12-9-21)37-18-29(4,5)36)33-16-20(3)34(17-19(33)2)26-14-27(35)32(6)25-13-10-22(15-30)31-28(25)26/h8-14,19-20,24,36H,7,16-18H2,1-6H3/t19?,20-,24?/m0/s1. The number of nitriles is 1. The molecule has 4 rings (SSSR count). The van der Waals surface area contributed by atoms with Crippen LogP contribution >= 0.6 is 0 Å². The van der Waals surface area contributed by atoms with Crippen LogP contribution in [-0.4, -0.2) is 56.9 Å². The number of aromatic nitrogens is 2. The maximum atomic E-state index is 12.8. The van der Waals surface area contributed by atoms with Crippen molar-refractivity contribution in [2.24, 2.45) is 7.05 Å². The first kappa shape index (κ1) is 26.6. The van der Waals surface area contributed by atoms with E-state index in [2.05, 4.69) is 53.8 Å². The summed E-state index contributed by atoms with van der Waals surface area (Å²) >= 11 is 0. The third-order valence-electron chi connectivity index (χ3n) is 7.17. The number of ether oxygens (including phenoxy) is 1. The average molecular weight is 504 g/mol. The fourth-order valence-corrected chi connectivity index (χ4v) is 5.22. The Morgan fingerprint density at radius 3 is 2.49 bits per heavy atom. The van der Waals surface area contributed by atoms with Gasteiger partial charge in [0.2, 0.25) is 0 Å². The molecule has 1 N–H and O–H groups in total. The van der Waals surface area contributed by atoms with Crippen LogP contribution < -0.4 is 15.2 Å². The minimum absolute atomic E-state index is 0.0883. The molecule has 1 aliphatic heterocycles. The molecule has 0 amide bonds. The van der Waals surface area contributed by atoms with Crippen LogP contribution in [0.2, 0.25) is 0 Å². The van der Waals surface area contributed by atoms with Crippen molar-refractivity contribution in [3.8, 4) is 11.8 Å². The molecule has 0 bridgehead atoms. The third kappa shape index (κ3) is 5.63. The molecular formula is C29H37N5O3. The van der Waals surface area contributed by atoms with Gasteiger partial charge in [-0.05, 0) is 63.9 Å². The predicted octanol–water partition coefficient (Wildman–Crippen LogP) is 4.01. The van der Waals surface area contributed by atoms with Gasteiger partial charge in [-0.25, -0.2) is 4.98 Å². The van der Waals surface area contributed by atoms with Gasteiger partial charge in [0.15, 0.2) is 0 Å². The van der Waals surface area contributed by atoms with Crippen LogP contribution in [0.15, 0.2) is 47.3 Å². The molecule has 0 spiro atoms. The van der Waals surface area contributed by atoms with E-state index < -0.39 is 5.60 Å². The molecule has 8 nitrogen and oxygen atoms in total. The number of hydrogen-bond donors (Lipinski definition) is 1. The lowest BCUT2D eigenvalue weighted by Crippen LogP contribution is -2.57. The SMILES string of the molecule is CCC(c1ccc(OCC(C)(C)O)cc1)N1C[C@H](C)N(c2cc(=O)n(C)c3ccc(C#N)nc23)CC1C. The molecule has 0 aliphatic carbocycles. The van der Waals surface area contributed by atoms with Crippen molar-refractivity contribution < 1.29 is 9.84 Å². The van der Waals surface area contributed by atoms with Crippen LogP contribution in [-0.2, 0) is 7.05 Å². The first-order valence-electron chi connectivity index (χ1n) is 12.9. The van der Waals surface area contributed by atoms with Gasteiger partial charge in [-0.2, -0.15) is 5.26 Å². The molecule has 37 heavy (non-hydrogen) atoms. The lowest BCUT2D eigenvalue weighted by molar-refractivity contribution is 0.0284. The number of nitrogens with zero attached hydrogens (tertiary/aromatic N) is 5. The van der Waals surface area contributed by atoms with Gasteiger partial charge in [0.05, 0.1) is 16.8 Å². The molecule has 3 atom stereocenters. The summed E-state index contributed by atoms with van der Waals surface area (Å²) in [5.41, 5.74) is 2.79. The molecule has 0 saturated carbocycles. The van der Waals surface area contributed by atoms with Crippen LogP contribution in [0.5, 0.6) is 5.75 Å². The van der Waals surface area contributed by atoms with Gasteiger partial charge in [-0.3, -0.25) is 9.69 Å². The van der Waals surface area contributed by atoms with Crippen LogP contribution in [0.1, 0.15) is 58.3 Å². The Bertz CT molecular complexity index is 1350. The number of benzene rings is 1. The van der Waals surface area contributed by atoms with Gasteiger partial charge in [0.25, 0.3) is 5.56 Å². The molecule has 1 aromatic carbocycles. The Morgan fingerprint density at radius 1 is 1.16 bits per heavy atom. The number of fused-ring (bicyclic) bond motifs is 1. The van der Waals surface area contributed by atoms with Gasteiger partial charge in [-0.15, -0.1) is 0 Å². The molecule has 3 heterocycles. The van der Waals surface area contributed by atoms with Crippen molar-refractivity contribution in [3.63, 3.8) is 0 Å². The monoisotopic (exact) mass is 503 g/mol. The van der Waals surface area contributed by atoms with Crippen LogP contribution in [0.3, 0.4) is 0 Å². The van der Waals surface area contributed by atoms with E-state index in [4.69, 9.17) is 4.74 Å². The molecular weight excluding hydrogens is 466 g/mol. The minimum Gasteiger partial charge on any atom is -0.491 e. The van der Waals surface area contributed by atoms with Gasteiger partial charge in [0, 0.05) is 44.3 Å². The summed E-state index contributed by atoms with van der Waals surface area (Å²) in [4.78, 5) is 22.2. The number of rotatable bonds is 7. The van der Waals surface area contributed by atoms with E-state index in [1.54, 1.807) is 43.7 Å². The second-order valence-corrected chi connectivity index (χ2v) is 10.7. The van der Waals surface area contributed by atoms with E-state index in [-0.39, 0.29) is 30.3 Å². The molecule has 8 heteroatoms. The van der Waals surface area contributed by atoms with Crippen LogP contribution in [0.4, 0.5) is 5.69 Å². The van der Waals surface area contributed by atoms with E-state index in [9.17, 15) is 15.2 Å². The summed E-state index contributed by atoms with van der Waals surface area (Å²) < 4.78 is 7.31. The van der Waals surface area contributed by atoms with Crippen LogP contribution in [0, 0.1) is 11.3 Å². The smallest absolute Gasteiger partial charge is 0.252 e. The first-order chi connectivity index (χ1) is 17.5. The van der Waals surface area contributed by atoms with Gasteiger partial charge < -0.3 is 19.3 Å². The summed E-state index contributed by atoms with van der Waals surface area (Å²) in [7, 11) is 1.74. The van der Waals surface area contributed by atoms with Crippen molar-refractivity contribution in [1.82, 2.24) is 14.5 Å². The highest BCUT2D eigenvalue weighted by molar-refractivity contribution is 5.89. The molecule has 3 aromatic rings. The number of aryl methyl sites for hydroxylation is 1. The number of anilines is 1. The number of pyridine rings is 2. The van der Waals surface area contributed by atoms with Crippen molar-refractivity contribution in [2.45, 2.75) is 64.8 Å². The zero-order chi connectivity index (χ0) is 26.9. The molecule has 1 saturated heterocycles. The highest BCUT2D eigenvalue weighted by Crippen LogP contribution is 2.34. The lowest BCUT2D eigenvalue weighted by atomic mass is 9.97. The molecule has 0 radical (unpaired) electrons. The van der Waals surface area contributed by atoms with Gasteiger partial charge in [0.1, 0.15) is 29.6 Å². The summed E-state index contributed by atoms with van der Waals surface area (Å²) in [5.74, 6) is 0.744. The van der Waals surface area contributed by atoms with Crippen molar-refractivity contribution in [3.05, 3.63) is 64.1 Å². The predicted molar refractivity (Wildman–Crippen MR) is 146 cm³/mol. The van der Waals surface area contributed by atoms with E-state index >= 15 is 0 Å². The number of piperazine rings is 1. The Morgan fingerprint density at radius 2 is 1.86 bits per heavy atom. The lowest BCUT2D eigenvalue weighted by Gasteiger charge is -2.48. The van der Waals surface area contributed by atoms with E-state index in [0.29, 0.717) is 11.2 Å². The van der Waals surface area contributed by atoms with E-state index in [1.165, 1.54) is 5.56 Å². The Balaban J connectivity index is 1.59. The average Bonchev–Trinajstić information content (AvgIpc) is 2.87. The molecule has 2 aromatic heterocycles. The summed E-state index contributed by atoms with van der Waals surface area (Å²) in [6, 6.07) is 16.0. The van der Waals surface area contributed by atoms with Gasteiger partial charge >= 0.3 is 0 Å². The molecule has 196 valence electrons. The Kier molecular flexibility index (Phi) is 7.58. The molecule has 2 unspecified atom stereocenters. The largest absolute Gasteiger partial charge is 0.491 e. The van der Waals surface area contributed by atoms with Crippen molar-refractivity contribution >= 4 is 16.7 Å². The highest BCUT2D eigenvalue weighted by atomic mass is 16.5. The highest BCUT2D eigenvalue weighted by Gasteiger charge is 2.34. The second kappa shape index (κ2) is 10.5. The fraction of sp³-hybridized carbons (Fsp3) is 0.483. The maximum Gasteiger partial charge on any atom is 0.252 e. The summed E-state index contributed by atoms with van der Waals surface area (Å²) in [6.07, 6.45) is 0.961. The zero-order valence-corrected chi connectivity index (χ0v) is 22.6. The third-order valence-corrected chi connectivity index (χ3v) is 7.17. The quantitative estimate of drug-likeness (QED) is 0.521.